The molecule has 1 aliphatic rings. The SMILES string of the molecule is Cc1cc2cccc([C@@H](O)C3CCCN3)c2nc1C. The first-order chi connectivity index (χ1) is 9.16. The number of pyridine rings is 1. The molecule has 1 saturated heterocycles. The summed E-state index contributed by atoms with van der Waals surface area (Å²) in [6, 6.07) is 8.37. The quantitative estimate of drug-likeness (QED) is 0.868. The van der Waals surface area contributed by atoms with Gasteiger partial charge in [0, 0.05) is 22.7 Å². The summed E-state index contributed by atoms with van der Waals surface area (Å²) in [6.45, 7) is 5.09. The zero-order chi connectivity index (χ0) is 13.4. The summed E-state index contributed by atoms with van der Waals surface area (Å²) in [4.78, 5) is 4.68. The first-order valence-corrected chi connectivity index (χ1v) is 6.95. The summed E-state index contributed by atoms with van der Waals surface area (Å²) in [5, 5.41) is 15.1. The second kappa shape index (κ2) is 4.91. The molecule has 100 valence electrons. The van der Waals surface area contributed by atoms with Crippen molar-refractivity contribution < 1.29 is 5.11 Å². The van der Waals surface area contributed by atoms with Crippen molar-refractivity contribution in [1.82, 2.24) is 10.3 Å². The summed E-state index contributed by atoms with van der Waals surface area (Å²) in [7, 11) is 0. The summed E-state index contributed by atoms with van der Waals surface area (Å²) in [5.41, 5.74) is 4.11. The Kier molecular flexibility index (Phi) is 3.25. The first kappa shape index (κ1) is 12.6. The van der Waals surface area contributed by atoms with Crippen LogP contribution in [0.1, 0.15) is 35.8 Å². The van der Waals surface area contributed by atoms with Gasteiger partial charge in [0.25, 0.3) is 0 Å². The molecular formula is C16H20N2O. The Bertz CT molecular complexity index is 603. The Balaban J connectivity index is 2.09. The fourth-order valence-electron chi connectivity index (χ4n) is 2.86. The van der Waals surface area contributed by atoms with Crippen LogP contribution in [0.5, 0.6) is 0 Å². The van der Waals surface area contributed by atoms with E-state index in [0.29, 0.717) is 0 Å². The van der Waals surface area contributed by atoms with Crippen molar-refractivity contribution in [3.05, 3.63) is 41.1 Å². The highest BCUT2D eigenvalue weighted by Gasteiger charge is 2.25. The van der Waals surface area contributed by atoms with Gasteiger partial charge in [0.15, 0.2) is 0 Å². The van der Waals surface area contributed by atoms with Gasteiger partial charge >= 0.3 is 0 Å². The van der Waals surface area contributed by atoms with E-state index in [1.165, 1.54) is 5.56 Å². The second-order valence-electron chi connectivity index (χ2n) is 5.46. The maximum Gasteiger partial charge on any atom is 0.0963 e. The van der Waals surface area contributed by atoms with Gasteiger partial charge in [0.2, 0.25) is 0 Å². The molecule has 2 atom stereocenters. The molecule has 3 nitrogen and oxygen atoms in total. The number of hydrogen-bond acceptors (Lipinski definition) is 3. The van der Waals surface area contributed by atoms with E-state index < -0.39 is 6.10 Å². The first-order valence-electron chi connectivity index (χ1n) is 6.95. The van der Waals surface area contributed by atoms with Gasteiger partial charge in [0.1, 0.15) is 0 Å². The highest BCUT2D eigenvalue weighted by Crippen LogP contribution is 2.29. The van der Waals surface area contributed by atoms with Gasteiger partial charge in [-0.1, -0.05) is 18.2 Å². The molecule has 3 heteroatoms. The number of hydrogen-bond donors (Lipinski definition) is 2. The number of benzene rings is 1. The third-order valence-electron chi connectivity index (χ3n) is 4.12. The number of aromatic nitrogens is 1. The molecule has 2 heterocycles. The third kappa shape index (κ3) is 2.24. The van der Waals surface area contributed by atoms with Gasteiger partial charge < -0.3 is 10.4 Å². The van der Waals surface area contributed by atoms with Crippen LogP contribution < -0.4 is 5.32 Å². The van der Waals surface area contributed by atoms with Crippen LogP contribution in [0.3, 0.4) is 0 Å². The number of rotatable bonds is 2. The lowest BCUT2D eigenvalue weighted by molar-refractivity contribution is 0.139. The molecule has 2 N–H and O–H groups in total. The minimum Gasteiger partial charge on any atom is -0.387 e. The Labute approximate surface area is 113 Å². The minimum atomic E-state index is -0.471. The van der Waals surface area contributed by atoms with Crippen LogP contribution in [-0.2, 0) is 0 Å². The van der Waals surface area contributed by atoms with Gasteiger partial charge in [-0.15, -0.1) is 0 Å². The highest BCUT2D eigenvalue weighted by molar-refractivity contribution is 5.83. The van der Waals surface area contributed by atoms with Gasteiger partial charge in [0.05, 0.1) is 11.6 Å². The molecule has 1 unspecified atom stereocenters. The molecule has 0 saturated carbocycles. The second-order valence-corrected chi connectivity index (χ2v) is 5.46. The predicted octanol–water partition coefficient (Wildman–Crippen LogP) is 2.64. The summed E-state index contributed by atoms with van der Waals surface area (Å²) < 4.78 is 0. The fourth-order valence-corrected chi connectivity index (χ4v) is 2.86. The van der Waals surface area contributed by atoms with Crippen molar-refractivity contribution in [2.75, 3.05) is 6.54 Å². The number of aliphatic hydroxyl groups excluding tert-OH is 1. The largest absolute Gasteiger partial charge is 0.387 e. The molecular weight excluding hydrogens is 236 g/mol. The van der Waals surface area contributed by atoms with E-state index in [2.05, 4.69) is 29.4 Å². The number of nitrogens with one attached hydrogen (secondary N) is 1. The smallest absolute Gasteiger partial charge is 0.0963 e. The number of aryl methyl sites for hydroxylation is 2. The Hall–Kier alpha value is -1.45. The van der Waals surface area contributed by atoms with Crippen LogP contribution >= 0.6 is 0 Å². The normalized spacial score (nSPS) is 20.9. The van der Waals surface area contributed by atoms with Crippen LogP contribution in [-0.4, -0.2) is 22.7 Å². The topological polar surface area (TPSA) is 45.1 Å². The molecule has 0 bridgehead atoms. The molecule has 3 rings (SSSR count). The van der Waals surface area contributed by atoms with Crippen molar-refractivity contribution in [2.45, 2.75) is 38.8 Å². The molecule has 0 radical (unpaired) electrons. The Morgan fingerprint density at radius 2 is 2.21 bits per heavy atom. The van der Waals surface area contributed by atoms with E-state index in [1.54, 1.807) is 0 Å². The van der Waals surface area contributed by atoms with Gasteiger partial charge in [-0.3, -0.25) is 4.98 Å². The fraction of sp³-hybridized carbons (Fsp3) is 0.438. The van der Waals surface area contributed by atoms with Crippen molar-refractivity contribution >= 4 is 10.9 Å². The highest BCUT2D eigenvalue weighted by atomic mass is 16.3. The van der Waals surface area contributed by atoms with E-state index in [4.69, 9.17) is 0 Å². The van der Waals surface area contributed by atoms with Crippen molar-refractivity contribution in [3.63, 3.8) is 0 Å². The lowest BCUT2D eigenvalue weighted by Crippen LogP contribution is -2.28. The van der Waals surface area contributed by atoms with E-state index in [1.807, 2.05) is 19.1 Å². The molecule has 1 aliphatic heterocycles. The summed E-state index contributed by atoms with van der Waals surface area (Å²) in [6.07, 6.45) is 1.70. The monoisotopic (exact) mass is 256 g/mol. The van der Waals surface area contributed by atoms with E-state index >= 15 is 0 Å². The van der Waals surface area contributed by atoms with Gasteiger partial charge in [-0.05, 0) is 44.9 Å². The predicted molar refractivity (Wildman–Crippen MR) is 77.2 cm³/mol. The van der Waals surface area contributed by atoms with Crippen LogP contribution in [0.2, 0.25) is 0 Å². The molecule has 19 heavy (non-hydrogen) atoms. The average molecular weight is 256 g/mol. The van der Waals surface area contributed by atoms with E-state index in [-0.39, 0.29) is 6.04 Å². The number of nitrogens with zero attached hydrogens (tertiary/aromatic N) is 1. The third-order valence-corrected chi connectivity index (χ3v) is 4.12. The zero-order valence-electron chi connectivity index (χ0n) is 11.5. The van der Waals surface area contributed by atoms with Crippen LogP contribution in [0, 0.1) is 13.8 Å². The van der Waals surface area contributed by atoms with Crippen molar-refractivity contribution in [2.24, 2.45) is 0 Å². The number of aliphatic hydroxyl groups is 1. The molecule has 0 spiro atoms. The van der Waals surface area contributed by atoms with Gasteiger partial charge in [-0.25, -0.2) is 0 Å². The number of fused-ring (bicyclic) bond motifs is 1. The number of para-hydroxylation sites is 1. The molecule has 1 fully saturated rings. The van der Waals surface area contributed by atoms with Crippen LogP contribution in [0.15, 0.2) is 24.3 Å². The molecule has 2 aromatic rings. The molecule has 1 aromatic heterocycles. The lowest BCUT2D eigenvalue weighted by atomic mass is 9.97. The van der Waals surface area contributed by atoms with E-state index in [9.17, 15) is 5.11 Å². The summed E-state index contributed by atoms with van der Waals surface area (Å²) in [5.74, 6) is 0. The van der Waals surface area contributed by atoms with Crippen LogP contribution in [0.25, 0.3) is 10.9 Å². The lowest BCUT2D eigenvalue weighted by Gasteiger charge is -2.20. The maximum atomic E-state index is 10.6. The molecule has 0 amide bonds. The van der Waals surface area contributed by atoms with Crippen LogP contribution in [0.4, 0.5) is 0 Å². The summed E-state index contributed by atoms with van der Waals surface area (Å²) >= 11 is 0. The average Bonchev–Trinajstić information content (AvgIpc) is 2.92. The Morgan fingerprint density at radius 3 is 2.95 bits per heavy atom. The standard InChI is InChI=1S/C16H20N2O/c1-10-9-12-5-3-6-13(15(12)18-11(10)2)16(19)14-7-4-8-17-14/h3,5-6,9,14,16-17,19H,4,7-8H2,1-2H3/t14?,16-/m1/s1. The van der Waals surface area contributed by atoms with Gasteiger partial charge in [-0.2, -0.15) is 0 Å². The van der Waals surface area contributed by atoms with Crippen molar-refractivity contribution in [1.29, 1.82) is 0 Å². The Morgan fingerprint density at radius 1 is 1.37 bits per heavy atom. The molecule has 1 aromatic carbocycles. The zero-order valence-corrected chi connectivity index (χ0v) is 11.5. The maximum absolute atomic E-state index is 10.6. The molecule has 0 aliphatic carbocycles. The minimum absolute atomic E-state index is 0.161. The van der Waals surface area contributed by atoms with Crippen molar-refractivity contribution in [3.8, 4) is 0 Å². The van der Waals surface area contributed by atoms with E-state index in [0.717, 1.165) is 41.5 Å².